The summed E-state index contributed by atoms with van der Waals surface area (Å²) in [6.07, 6.45) is 9.13. The van der Waals surface area contributed by atoms with Gasteiger partial charge in [0.1, 0.15) is 5.82 Å². The number of rotatable bonds is 5. The van der Waals surface area contributed by atoms with Gasteiger partial charge in [0.15, 0.2) is 0 Å². The largest absolute Gasteiger partial charge is 0.356 e. The van der Waals surface area contributed by atoms with Crippen LogP contribution < -0.4 is 10.6 Å². The maximum Gasteiger partial charge on any atom is 0.131 e. The molecule has 2 atom stereocenters. The minimum Gasteiger partial charge on any atom is -0.356 e. The third kappa shape index (κ3) is 3.95. The van der Waals surface area contributed by atoms with Crippen molar-refractivity contribution in [2.75, 3.05) is 18.0 Å². The topological polar surface area (TPSA) is 42.1 Å². The molecule has 1 fully saturated rings. The van der Waals surface area contributed by atoms with Crippen molar-refractivity contribution in [3.8, 4) is 0 Å². The quantitative estimate of drug-likeness (QED) is 0.895. The molecule has 0 aliphatic carbocycles. The van der Waals surface area contributed by atoms with Crippen LogP contribution in [0.4, 0.5) is 5.82 Å². The summed E-state index contributed by atoms with van der Waals surface area (Å²) >= 11 is 0. The lowest BCUT2D eigenvalue weighted by atomic mass is 9.98. The zero-order valence-electron chi connectivity index (χ0n) is 13.0. The van der Waals surface area contributed by atoms with E-state index in [1.54, 1.807) is 0 Å². The van der Waals surface area contributed by atoms with Crippen LogP contribution in [0.5, 0.6) is 0 Å². The van der Waals surface area contributed by atoms with E-state index in [2.05, 4.69) is 29.8 Å². The monoisotopic (exact) mass is 275 g/mol. The van der Waals surface area contributed by atoms with Crippen molar-refractivity contribution in [2.24, 2.45) is 11.7 Å². The van der Waals surface area contributed by atoms with Gasteiger partial charge in [0.25, 0.3) is 0 Å². The predicted molar refractivity (Wildman–Crippen MR) is 86.1 cm³/mol. The van der Waals surface area contributed by atoms with Gasteiger partial charge in [-0.2, -0.15) is 0 Å². The van der Waals surface area contributed by atoms with E-state index in [0.29, 0.717) is 0 Å². The predicted octanol–water partition coefficient (Wildman–Crippen LogP) is 3.38. The molecular weight excluding hydrogens is 246 g/mol. The van der Waals surface area contributed by atoms with E-state index in [9.17, 15) is 0 Å². The van der Waals surface area contributed by atoms with Crippen LogP contribution >= 0.6 is 0 Å². The molecule has 112 valence electrons. The molecule has 20 heavy (non-hydrogen) atoms. The fraction of sp³-hybridized carbons (Fsp3) is 0.706. The van der Waals surface area contributed by atoms with E-state index in [1.807, 2.05) is 12.3 Å². The molecule has 0 radical (unpaired) electrons. The van der Waals surface area contributed by atoms with E-state index >= 15 is 0 Å². The molecule has 0 bridgehead atoms. The summed E-state index contributed by atoms with van der Waals surface area (Å²) in [7, 11) is 0. The Morgan fingerprint density at radius 2 is 2.20 bits per heavy atom. The van der Waals surface area contributed by atoms with Gasteiger partial charge < -0.3 is 10.6 Å². The summed E-state index contributed by atoms with van der Waals surface area (Å²) in [4.78, 5) is 7.13. The highest BCUT2D eigenvalue weighted by Gasteiger charge is 2.19. The van der Waals surface area contributed by atoms with Crippen molar-refractivity contribution in [1.82, 2.24) is 4.98 Å². The number of nitrogens with zero attached hydrogens (tertiary/aromatic N) is 2. The summed E-state index contributed by atoms with van der Waals surface area (Å²) in [6.45, 7) is 6.75. The maximum atomic E-state index is 6.13. The Kier molecular flexibility index (Phi) is 5.84. The van der Waals surface area contributed by atoms with Crippen molar-refractivity contribution in [1.29, 1.82) is 0 Å². The minimum atomic E-state index is 0.244. The SMILES string of the molecule is CCC(N)Cc1cccnc1N1CCCC(CC)CC1. The summed E-state index contributed by atoms with van der Waals surface area (Å²) in [5.41, 5.74) is 7.45. The summed E-state index contributed by atoms with van der Waals surface area (Å²) in [5.74, 6) is 2.07. The molecule has 1 aromatic rings. The molecule has 2 N–H and O–H groups in total. The number of hydrogen-bond donors (Lipinski definition) is 1. The molecule has 0 aromatic carbocycles. The van der Waals surface area contributed by atoms with Crippen LogP contribution in [-0.4, -0.2) is 24.1 Å². The van der Waals surface area contributed by atoms with Crippen LogP contribution in [0.25, 0.3) is 0 Å². The highest BCUT2D eigenvalue weighted by molar-refractivity contribution is 5.47. The Hall–Kier alpha value is -1.09. The van der Waals surface area contributed by atoms with Gasteiger partial charge in [0.05, 0.1) is 0 Å². The molecule has 0 amide bonds. The molecule has 2 unspecified atom stereocenters. The molecule has 1 aliphatic rings. The normalized spacial score (nSPS) is 21.6. The van der Waals surface area contributed by atoms with Crippen LogP contribution in [-0.2, 0) is 6.42 Å². The van der Waals surface area contributed by atoms with Crippen LogP contribution in [0.3, 0.4) is 0 Å². The lowest BCUT2D eigenvalue weighted by molar-refractivity contribution is 0.459. The Labute approximate surface area is 123 Å². The molecular formula is C17H29N3. The van der Waals surface area contributed by atoms with E-state index in [1.165, 1.54) is 37.1 Å². The number of anilines is 1. The van der Waals surface area contributed by atoms with Crippen LogP contribution in [0.2, 0.25) is 0 Å². The molecule has 1 aromatic heterocycles. The fourth-order valence-corrected chi connectivity index (χ4v) is 3.09. The van der Waals surface area contributed by atoms with Gasteiger partial charge in [0.2, 0.25) is 0 Å². The summed E-state index contributed by atoms with van der Waals surface area (Å²) in [5, 5.41) is 0. The first-order valence-electron chi connectivity index (χ1n) is 8.19. The first-order valence-corrected chi connectivity index (χ1v) is 8.19. The van der Waals surface area contributed by atoms with Crippen molar-refractivity contribution in [3.63, 3.8) is 0 Å². The Morgan fingerprint density at radius 1 is 1.35 bits per heavy atom. The van der Waals surface area contributed by atoms with Gasteiger partial charge in [0, 0.05) is 25.3 Å². The van der Waals surface area contributed by atoms with Crippen LogP contribution in [0, 0.1) is 5.92 Å². The third-order valence-electron chi connectivity index (χ3n) is 4.60. The fourth-order valence-electron chi connectivity index (χ4n) is 3.09. The molecule has 0 spiro atoms. The van der Waals surface area contributed by atoms with E-state index < -0.39 is 0 Å². The third-order valence-corrected chi connectivity index (χ3v) is 4.60. The van der Waals surface area contributed by atoms with Crippen molar-refractivity contribution in [2.45, 2.75) is 58.4 Å². The minimum absolute atomic E-state index is 0.244. The van der Waals surface area contributed by atoms with Crippen LogP contribution in [0.1, 0.15) is 51.5 Å². The van der Waals surface area contributed by atoms with Crippen molar-refractivity contribution < 1.29 is 0 Å². The average Bonchev–Trinajstić information content (AvgIpc) is 2.73. The molecule has 1 saturated heterocycles. The zero-order valence-corrected chi connectivity index (χ0v) is 13.0. The summed E-state index contributed by atoms with van der Waals surface area (Å²) < 4.78 is 0. The Bertz CT molecular complexity index is 405. The van der Waals surface area contributed by atoms with Gasteiger partial charge in [-0.15, -0.1) is 0 Å². The van der Waals surface area contributed by atoms with Gasteiger partial charge in [-0.1, -0.05) is 26.3 Å². The second-order valence-electron chi connectivity index (χ2n) is 6.05. The van der Waals surface area contributed by atoms with Crippen molar-refractivity contribution in [3.05, 3.63) is 23.9 Å². The number of aromatic nitrogens is 1. The standard InChI is InChI=1S/C17H29N3/c1-3-14-7-6-11-20(12-9-14)17-15(8-5-10-19-17)13-16(18)4-2/h5,8,10,14,16H,3-4,6-7,9,11-13,18H2,1-2H3. The number of nitrogens with two attached hydrogens (primary N) is 1. The van der Waals surface area contributed by atoms with Gasteiger partial charge in [-0.05, 0) is 49.7 Å². The lowest BCUT2D eigenvalue weighted by Gasteiger charge is -2.25. The molecule has 2 heterocycles. The summed E-state index contributed by atoms with van der Waals surface area (Å²) in [6, 6.07) is 4.47. The first kappa shape index (κ1) is 15.3. The van der Waals surface area contributed by atoms with Gasteiger partial charge in [-0.3, -0.25) is 0 Å². The van der Waals surface area contributed by atoms with Gasteiger partial charge in [-0.25, -0.2) is 4.98 Å². The van der Waals surface area contributed by atoms with Gasteiger partial charge >= 0.3 is 0 Å². The molecule has 2 rings (SSSR count). The number of hydrogen-bond acceptors (Lipinski definition) is 3. The highest BCUT2D eigenvalue weighted by Crippen LogP contribution is 2.26. The average molecular weight is 275 g/mol. The molecule has 3 nitrogen and oxygen atoms in total. The zero-order chi connectivity index (χ0) is 14.4. The second-order valence-corrected chi connectivity index (χ2v) is 6.05. The first-order chi connectivity index (χ1) is 9.74. The van der Waals surface area contributed by atoms with Crippen molar-refractivity contribution >= 4 is 5.82 Å². The second kappa shape index (κ2) is 7.63. The maximum absolute atomic E-state index is 6.13. The van der Waals surface area contributed by atoms with Crippen LogP contribution in [0.15, 0.2) is 18.3 Å². The Balaban J connectivity index is 2.11. The lowest BCUT2D eigenvalue weighted by Crippen LogP contribution is -2.28. The molecule has 1 aliphatic heterocycles. The molecule has 0 saturated carbocycles. The van der Waals surface area contributed by atoms with E-state index in [4.69, 9.17) is 5.73 Å². The Morgan fingerprint density at radius 3 is 2.95 bits per heavy atom. The molecule has 3 heteroatoms. The van der Waals surface area contributed by atoms with E-state index in [0.717, 1.165) is 31.8 Å². The number of pyridine rings is 1. The highest BCUT2D eigenvalue weighted by atomic mass is 15.2. The van der Waals surface area contributed by atoms with E-state index in [-0.39, 0.29) is 6.04 Å². The smallest absolute Gasteiger partial charge is 0.131 e.